The minimum absolute atomic E-state index is 0.300. The Bertz CT molecular complexity index is 586. The fraction of sp³-hybridized carbons (Fsp3) is 0.273. The molecule has 0 unspecified atom stereocenters. The van der Waals surface area contributed by atoms with Crippen LogP contribution < -0.4 is 5.56 Å². The number of aromatic hydroxyl groups is 1. The molecule has 0 saturated carbocycles. The maximum absolute atomic E-state index is 11.3. The summed E-state index contributed by atoms with van der Waals surface area (Å²) in [5.74, 6) is -0.300. The lowest BCUT2D eigenvalue weighted by Crippen LogP contribution is -2.06. The highest BCUT2D eigenvalue weighted by Crippen LogP contribution is 2.21. The van der Waals surface area contributed by atoms with Gasteiger partial charge in [-0.15, -0.1) is 0 Å². The third kappa shape index (κ3) is 2.07. The molecule has 0 bridgehead atoms. The minimum Gasteiger partial charge on any atom is -0.503 e. The molecule has 2 rings (SSSR count). The first-order valence-corrected chi connectivity index (χ1v) is 5.06. The number of aryl methyl sites for hydroxylation is 1. The summed E-state index contributed by atoms with van der Waals surface area (Å²) in [6.45, 7) is 0.398. The summed E-state index contributed by atoms with van der Waals surface area (Å²) >= 11 is 0. The van der Waals surface area contributed by atoms with Gasteiger partial charge in [0.15, 0.2) is 5.75 Å². The van der Waals surface area contributed by atoms with E-state index in [4.69, 9.17) is 4.74 Å². The maximum Gasteiger partial charge on any atom is 0.290 e. The fourth-order valence-electron chi connectivity index (χ4n) is 1.62. The van der Waals surface area contributed by atoms with Crippen LogP contribution in [0.15, 0.2) is 23.1 Å². The molecule has 90 valence electrons. The van der Waals surface area contributed by atoms with E-state index in [1.807, 2.05) is 0 Å². The predicted molar refractivity (Wildman–Crippen MR) is 61.6 cm³/mol. The van der Waals surface area contributed by atoms with Crippen molar-refractivity contribution in [1.29, 1.82) is 0 Å². The Balaban J connectivity index is 2.52. The van der Waals surface area contributed by atoms with E-state index in [1.54, 1.807) is 31.1 Å². The molecule has 6 nitrogen and oxygen atoms in total. The van der Waals surface area contributed by atoms with Gasteiger partial charge in [-0.1, -0.05) is 0 Å². The molecule has 2 N–H and O–H groups in total. The molecule has 0 aromatic carbocycles. The molecule has 0 spiro atoms. The van der Waals surface area contributed by atoms with Gasteiger partial charge in [0.05, 0.1) is 24.2 Å². The molecule has 2 heterocycles. The second-order valence-electron chi connectivity index (χ2n) is 3.65. The summed E-state index contributed by atoms with van der Waals surface area (Å²) in [5, 5.41) is 13.3. The lowest BCUT2D eigenvalue weighted by atomic mass is 10.1. The molecule has 2 aromatic rings. The molecule has 0 saturated heterocycles. The molecule has 2 aromatic heterocycles. The van der Waals surface area contributed by atoms with Gasteiger partial charge >= 0.3 is 0 Å². The highest BCUT2D eigenvalue weighted by molar-refractivity contribution is 5.61. The Morgan fingerprint density at radius 2 is 2.29 bits per heavy atom. The topological polar surface area (TPSA) is 80.1 Å². The van der Waals surface area contributed by atoms with Crippen LogP contribution in [-0.2, 0) is 18.4 Å². The number of nitrogens with one attached hydrogen (secondary N) is 1. The van der Waals surface area contributed by atoms with Crippen molar-refractivity contribution in [2.75, 3.05) is 7.11 Å². The first-order valence-electron chi connectivity index (χ1n) is 5.06. The quantitative estimate of drug-likeness (QED) is 0.817. The molecule has 0 amide bonds. The van der Waals surface area contributed by atoms with Crippen molar-refractivity contribution >= 4 is 0 Å². The Morgan fingerprint density at radius 3 is 2.94 bits per heavy atom. The Kier molecular flexibility index (Phi) is 2.97. The average Bonchev–Trinajstić information content (AvgIpc) is 2.66. The molecular weight excluding hydrogens is 222 g/mol. The number of hydrogen-bond donors (Lipinski definition) is 2. The number of aromatic nitrogens is 3. The van der Waals surface area contributed by atoms with Gasteiger partial charge in [0.25, 0.3) is 5.56 Å². The van der Waals surface area contributed by atoms with Crippen molar-refractivity contribution in [3.05, 3.63) is 34.4 Å². The Morgan fingerprint density at radius 1 is 1.53 bits per heavy atom. The Hall–Kier alpha value is -2.08. The van der Waals surface area contributed by atoms with E-state index in [1.165, 1.54) is 6.07 Å². The number of rotatable bonds is 3. The SMILES string of the molecule is COCc1c(-c2ccc(O)c(=O)[nH]2)cnn1C. The smallest absolute Gasteiger partial charge is 0.290 e. The number of H-pyrrole nitrogens is 1. The highest BCUT2D eigenvalue weighted by Gasteiger charge is 2.11. The van der Waals surface area contributed by atoms with Gasteiger partial charge in [0.2, 0.25) is 0 Å². The average molecular weight is 235 g/mol. The minimum atomic E-state index is -0.519. The summed E-state index contributed by atoms with van der Waals surface area (Å²) in [6.07, 6.45) is 1.65. The highest BCUT2D eigenvalue weighted by atomic mass is 16.5. The summed E-state index contributed by atoms with van der Waals surface area (Å²) in [4.78, 5) is 13.9. The molecule has 0 fully saturated rings. The first-order chi connectivity index (χ1) is 8.13. The molecule has 0 radical (unpaired) electrons. The zero-order valence-corrected chi connectivity index (χ0v) is 9.60. The van der Waals surface area contributed by atoms with Crippen molar-refractivity contribution in [3.8, 4) is 17.0 Å². The fourth-order valence-corrected chi connectivity index (χ4v) is 1.62. The van der Waals surface area contributed by atoms with Crippen molar-refractivity contribution in [1.82, 2.24) is 14.8 Å². The summed E-state index contributed by atoms with van der Waals surface area (Å²) in [6, 6.07) is 2.99. The van der Waals surface area contributed by atoms with Crippen LogP contribution in [0.4, 0.5) is 0 Å². The van der Waals surface area contributed by atoms with Crippen LogP contribution >= 0.6 is 0 Å². The van der Waals surface area contributed by atoms with E-state index in [-0.39, 0.29) is 5.75 Å². The van der Waals surface area contributed by atoms with Crippen LogP contribution in [0.3, 0.4) is 0 Å². The molecule has 0 aliphatic heterocycles. The largest absolute Gasteiger partial charge is 0.503 e. The van der Waals surface area contributed by atoms with Gasteiger partial charge in [-0.3, -0.25) is 9.48 Å². The number of methoxy groups -OCH3 is 1. The second kappa shape index (κ2) is 4.42. The normalized spacial score (nSPS) is 10.7. The van der Waals surface area contributed by atoms with Crippen LogP contribution in [0.5, 0.6) is 5.75 Å². The molecule has 0 aliphatic rings. The van der Waals surface area contributed by atoms with Crippen LogP contribution in [0, 0.1) is 0 Å². The molecule has 6 heteroatoms. The van der Waals surface area contributed by atoms with Crippen molar-refractivity contribution < 1.29 is 9.84 Å². The van der Waals surface area contributed by atoms with Gasteiger partial charge in [0.1, 0.15) is 0 Å². The number of aromatic amines is 1. The van der Waals surface area contributed by atoms with Gasteiger partial charge in [-0.05, 0) is 12.1 Å². The van der Waals surface area contributed by atoms with Gasteiger partial charge in [-0.2, -0.15) is 5.10 Å². The van der Waals surface area contributed by atoms with E-state index in [0.29, 0.717) is 12.3 Å². The maximum atomic E-state index is 11.3. The van der Waals surface area contributed by atoms with Crippen LogP contribution in [-0.4, -0.2) is 27.0 Å². The van der Waals surface area contributed by atoms with E-state index >= 15 is 0 Å². The van der Waals surface area contributed by atoms with Crippen molar-refractivity contribution in [2.24, 2.45) is 7.05 Å². The van der Waals surface area contributed by atoms with E-state index < -0.39 is 5.56 Å². The van der Waals surface area contributed by atoms with Crippen molar-refractivity contribution in [2.45, 2.75) is 6.61 Å². The Labute approximate surface area is 97.5 Å². The van der Waals surface area contributed by atoms with E-state index in [2.05, 4.69) is 10.1 Å². The monoisotopic (exact) mass is 235 g/mol. The van der Waals surface area contributed by atoms with E-state index in [9.17, 15) is 9.90 Å². The second-order valence-corrected chi connectivity index (χ2v) is 3.65. The van der Waals surface area contributed by atoms with Crippen molar-refractivity contribution in [3.63, 3.8) is 0 Å². The standard InChI is InChI=1S/C11H13N3O3/c1-14-9(6-17-2)7(5-12-14)8-3-4-10(15)11(16)13-8/h3-5,15H,6H2,1-2H3,(H,13,16). The van der Waals surface area contributed by atoms with Crippen LogP contribution in [0.2, 0.25) is 0 Å². The molecule has 17 heavy (non-hydrogen) atoms. The lowest BCUT2D eigenvalue weighted by molar-refractivity contribution is 0.178. The number of hydrogen-bond acceptors (Lipinski definition) is 4. The van der Waals surface area contributed by atoms with Gasteiger partial charge in [-0.25, -0.2) is 0 Å². The number of nitrogens with zero attached hydrogens (tertiary/aromatic N) is 2. The van der Waals surface area contributed by atoms with Gasteiger partial charge < -0.3 is 14.8 Å². The van der Waals surface area contributed by atoms with E-state index in [0.717, 1.165) is 11.3 Å². The van der Waals surface area contributed by atoms with Crippen LogP contribution in [0.1, 0.15) is 5.69 Å². The predicted octanol–water partition coefficient (Wildman–Crippen LogP) is 0.627. The molecular formula is C11H13N3O3. The summed E-state index contributed by atoms with van der Waals surface area (Å²) < 4.78 is 6.77. The third-order valence-electron chi connectivity index (χ3n) is 2.52. The zero-order valence-electron chi connectivity index (χ0n) is 9.60. The summed E-state index contributed by atoms with van der Waals surface area (Å²) in [7, 11) is 3.40. The molecule has 0 atom stereocenters. The number of ether oxygens (including phenoxy) is 1. The zero-order chi connectivity index (χ0) is 12.4. The lowest BCUT2D eigenvalue weighted by Gasteiger charge is -2.05. The first kappa shape index (κ1) is 11.4. The van der Waals surface area contributed by atoms with Gasteiger partial charge in [0, 0.05) is 19.7 Å². The third-order valence-corrected chi connectivity index (χ3v) is 2.52. The summed E-state index contributed by atoms with van der Waals surface area (Å²) in [5.41, 5.74) is 1.72. The molecule has 0 aliphatic carbocycles. The van der Waals surface area contributed by atoms with Crippen LogP contribution in [0.25, 0.3) is 11.3 Å². The number of pyridine rings is 1.